The van der Waals surface area contributed by atoms with Crippen LogP contribution in [-0.4, -0.2) is 33.7 Å². The van der Waals surface area contributed by atoms with Crippen LogP contribution < -0.4 is 14.8 Å². The van der Waals surface area contributed by atoms with Gasteiger partial charge in [0.05, 0.1) is 31.6 Å². The number of anilines is 1. The summed E-state index contributed by atoms with van der Waals surface area (Å²) in [5.74, 6) is 2.14. The van der Waals surface area contributed by atoms with Crippen LogP contribution in [0.25, 0.3) is 22.3 Å². The van der Waals surface area contributed by atoms with Gasteiger partial charge in [-0.25, -0.2) is 4.98 Å². The molecule has 0 saturated carbocycles. The molecule has 0 unspecified atom stereocenters. The van der Waals surface area contributed by atoms with Gasteiger partial charge in [0, 0.05) is 31.5 Å². The molecule has 3 heterocycles. The molecule has 0 spiro atoms. The highest BCUT2D eigenvalue weighted by molar-refractivity contribution is 5.82. The van der Waals surface area contributed by atoms with Crippen molar-refractivity contribution in [2.24, 2.45) is 7.05 Å². The minimum Gasteiger partial charge on any atom is -0.493 e. The number of imidazole rings is 1. The monoisotopic (exact) mass is 375 g/mol. The molecule has 0 radical (unpaired) electrons. The molecule has 0 aliphatic heterocycles. The Bertz CT molecular complexity index is 1110. The largest absolute Gasteiger partial charge is 0.493 e. The van der Waals surface area contributed by atoms with Crippen LogP contribution in [0.5, 0.6) is 11.5 Å². The number of ether oxygens (including phenoxy) is 2. The van der Waals surface area contributed by atoms with Gasteiger partial charge in [-0.15, -0.1) is 0 Å². The molecule has 28 heavy (non-hydrogen) atoms. The van der Waals surface area contributed by atoms with E-state index in [1.54, 1.807) is 26.6 Å². The van der Waals surface area contributed by atoms with Gasteiger partial charge in [-0.2, -0.15) is 0 Å². The van der Waals surface area contributed by atoms with Crippen molar-refractivity contribution in [1.29, 1.82) is 0 Å². The number of aromatic nitrogens is 4. The SMILES string of the molecule is COc1ccc(-c2cc3c(cn2)nc(NCc2cccnc2)n3C)cc1OC. The van der Waals surface area contributed by atoms with E-state index in [1.165, 1.54) is 0 Å². The highest BCUT2D eigenvalue weighted by atomic mass is 16.5. The topological polar surface area (TPSA) is 74.1 Å². The number of fused-ring (bicyclic) bond motifs is 1. The molecule has 1 aromatic carbocycles. The summed E-state index contributed by atoms with van der Waals surface area (Å²) in [6.07, 6.45) is 5.39. The van der Waals surface area contributed by atoms with E-state index < -0.39 is 0 Å². The number of rotatable bonds is 6. The third kappa shape index (κ3) is 3.34. The zero-order chi connectivity index (χ0) is 19.5. The van der Waals surface area contributed by atoms with E-state index in [4.69, 9.17) is 9.47 Å². The van der Waals surface area contributed by atoms with Gasteiger partial charge in [-0.05, 0) is 35.9 Å². The highest BCUT2D eigenvalue weighted by Gasteiger charge is 2.12. The molecule has 1 N–H and O–H groups in total. The van der Waals surface area contributed by atoms with Gasteiger partial charge in [-0.1, -0.05) is 6.07 Å². The molecule has 3 aromatic heterocycles. The predicted octanol–water partition coefficient (Wildman–Crippen LogP) is 3.66. The zero-order valence-corrected chi connectivity index (χ0v) is 16.0. The molecule has 0 amide bonds. The van der Waals surface area contributed by atoms with Gasteiger partial charge in [0.2, 0.25) is 5.95 Å². The number of benzene rings is 1. The van der Waals surface area contributed by atoms with Gasteiger partial charge in [0.1, 0.15) is 5.52 Å². The first-order valence-electron chi connectivity index (χ1n) is 8.87. The Hall–Kier alpha value is -3.61. The molecular formula is C21H21N5O2. The summed E-state index contributed by atoms with van der Waals surface area (Å²) in [5.41, 5.74) is 4.72. The number of nitrogens with one attached hydrogen (secondary N) is 1. The molecule has 0 atom stereocenters. The van der Waals surface area contributed by atoms with Crippen molar-refractivity contribution >= 4 is 17.0 Å². The maximum atomic E-state index is 5.40. The van der Waals surface area contributed by atoms with E-state index in [0.29, 0.717) is 18.0 Å². The van der Waals surface area contributed by atoms with Crippen LogP contribution in [0.15, 0.2) is 55.0 Å². The normalized spacial score (nSPS) is 10.8. The van der Waals surface area contributed by atoms with Crippen molar-refractivity contribution in [3.63, 3.8) is 0 Å². The summed E-state index contributed by atoms with van der Waals surface area (Å²) in [6.45, 7) is 0.654. The fraction of sp³-hybridized carbons (Fsp3) is 0.190. The molecule has 7 nitrogen and oxygen atoms in total. The van der Waals surface area contributed by atoms with Crippen molar-refractivity contribution in [3.8, 4) is 22.8 Å². The lowest BCUT2D eigenvalue weighted by Gasteiger charge is -2.09. The second-order valence-corrected chi connectivity index (χ2v) is 6.34. The van der Waals surface area contributed by atoms with E-state index in [2.05, 4.69) is 20.3 Å². The molecule has 7 heteroatoms. The molecule has 4 rings (SSSR count). The van der Waals surface area contributed by atoms with Crippen LogP contribution in [0.3, 0.4) is 0 Å². The Morgan fingerprint density at radius 2 is 1.89 bits per heavy atom. The number of hydrogen-bond donors (Lipinski definition) is 1. The third-order valence-corrected chi connectivity index (χ3v) is 4.62. The van der Waals surface area contributed by atoms with Crippen LogP contribution in [-0.2, 0) is 13.6 Å². The number of nitrogens with zero attached hydrogens (tertiary/aromatic N) is 4. The summed E-state index contributed by atoms with van der Waals surface area (Å²) >= 11 is 0. The van der Waals surface area contributed by atoms with Gasteiger partial charge < -0.3 is 19.4 Å². The maximum Gasteiger partial charge on any atom is 0.203 e. The van der Waals surface area contributed by atoms with E-state index in [-0.39, 0.29) is 0 Å². The zero-order valence-electron chi connectivity index (χ0n) is 16.0. The molecule has 0 fully saturated rings. The lowest BCUT2D eigenvalue weighted by molar-refractivity contribution is 0.355. The second-order valence-electron chi connectivity index (χ2n) is 6.34. The molecule has 4 aromatic rings. The Kier molecular flexibility index (Phi) is 4.80. The summed E-state index contributed by atoms with van der Waals surface area (Å²) < 4.78 is 12.7. The number of methoxy groups -OCH3 is 2. The van der Waals surface area contributed by atoms with Crippen LogP contribution in [0.1, 0.15) is 5.56 Å². The van der Waals surface area contributed by atoms with E-state index in [0.717, 1.165) is 33.8 Å². The lowest BCUT2D eigenvalue weighted by Crippen LogP contribution is -2.05. The average molecular weight is 375 g/mol. The fourth-order valence-electron chi connectivity index (χ4n) is 3.09. The maximum absolute atomic E-state index is 5.40. The van der Waals surface area contributed by atoms with E-state index in [9.17, 15) is 0 Å². The first-order valence-corrected chi connectivity index (χ1v) is 8.87. The highest BCUT2D eigenvalue weighted by Crippen LogP contribution is 2.32. The minimum atomic E-state index is 0.654. The summed E-state index contributed by atoms with van der Waals surface area (Å²) in [6, 6.07) is 11.7. The van der Waals surface area contributed by atoms with Crippen molar-refractivity contribution in [1.82, 2.24) is 19.5 Å². The van der Waals surface area contributed by atoms with Crippen LogP contribution in [0.2, 0.25) is 0 Å². The Morgan fingerprint density at radius 3 is 2.64 bits per heavy atom. The molecule has 142 valence electrons. The first-order chi connectivity index (χ1) is 13.7. The van der Waals surface area contributed by atoms with Gasteiger partial charge in [-0.3, -0.25) is 9.97 Å². The van der Waals surface area contributed by atoms with Crippen LogP contribution >= 0.6 is 0 Å². The molecule has 0 bridgehead atoms. The second kappa shape index (κ2) is 7.56. The number of pyridine rings is 2. The smallest absolute Gasteiger partial charge is 0.203 e. The Labute approximate surface area is 163 Å². The summed E-state index contributed by atoms with van der Waals surface area (Å²) in [5, 5.41) is 3.36. The van der Waals surface area contributed by atoms with E-state index in [1.807, 2.05) is 54.2 Å². The fourth-order valence-corrected chi connectivity index (χ4v) is 3.09. The van der Waals surface area contributed by atoms with Crippen molar-refractivity contribution in [2.45, 2.75) is 6.54 Å². The van der Waals surface area contributed by atoms with Gasteiger partial charge >= 0.3 is 0 Å². The summed E-state index contributed by atoms with van der Waals surface area (Å²) in [4.78, 5) is 13.4. The van der Waals surface area contributed by atoms with Crippen molar-refractivity contribution in [3.05, 3.63) is 60.6 Å². The Morgan fingerprint density at radius 1 is 1.04 bits per heavy atom. The van der Waals surface area contributed by atoms with Crippen molar-refractivity contribution in [2.75, 3.05) is 19.5 Å². The Balaban J connectivity index is 1.65. The third-order valence-electron chi connectivity index (χ3n) is 4.62. The molecular weight excluding hydrogens is 354 g/mol. The quantitative estimate of drug-likeness (QED) is 0.554. The van der Waals surface area contributed by atoms with Crippen molar-refractivity contribution < 1.29 is 9.47 Å². The number of aryl methyl sites for hydroxylation is 1. The molecule has 0 aliphatic carbocycles. The van der Waals surface area contributed by atoms with Crippen LogP contribution in [0.4, 0.5) is 5.95 Å². The predicted molar refractivity (Wildman–Crippen MR) is 109 cm³/mol. The molecule has 0 saturated heterocycles. The number of hydrogen-bond acceptors (Lipinski definition) is 6. The van der Waals surface area contributed by atoms with Crippen LogP contribution in [0, 0.1) is 0 Å². The van der Waals surface area contributed by atoms with Gasteiger partial charge in [0.15, 0.2) is 11.5 Å². The molecule has 0 aliphatic rings. The summed E-state index contributed by atoms with van der Waals surface area (Å²) in [7, 11) is 5.23. The minimum absolute atomic E-state index is 0.654. The first kappa shape index (κ1) is 17.8. The lowest BCUT2D eigenvalue weighted by atomic mass is 10.1. The average Bonchev–Trinajstić information content (AvgIpc) is 3.07. The van der Waals surface area contributed by atoms with Gasteiger partial charge in [0.25, 0.3) is 0 Å². The van der Waals surface area contributed by atoms with E-state index >= 15 is 0 Å². The standard InChI is InChI=1S/C21H21N5O2/c1-26-18-10-16(15-6-7-19(27-2)20(9-15)28-3)23-13-17(18)25-21(26)24-12-14-5-4-8-22-11-14/h4-11,13H,12H2,1-3H3,(H,24,25).